The lowest BCUT2D eigenvalue weighted by molar-refractivity contribution is -0.0278. The molecule has 1 aliphatic heterocycles. The number of rotatable bonds is 5. The molecule has 0 radical (unpaired) electrons. The van der Waals surface area contributed by atoms with Crippen molar-refractivity contribution in [1.29, 1.82) is 0 Å². The van der Waals surface area contributed by atoms with Gasteiger partial charge in [-0.05, 0) is 30.5 Å². The fraction of sp³-hybridized carbons (Fsp3) is 0.471. The number of likely N-dealkylation sites (tertiary alicyclic amines) is 1. The van der Waals surface area contributed by atoms with Crippen molar-refractivity contribution >= 4 is 11.3 Å². The Morgan fingerprint density at radius 1 is 1.17 bits per heavy atom. The van der Waals surface area contributed by atoms with Gasteiger partial charge in [0.05, 0.1) is 25.3 Å². The van der Waals surface area contributed by atoms with Crippen molar-refractivity contribution in [2.75, 3.05) is 27.3 Å². The average molecular weight is 334 g/mol. The van der Waals surface area contributed by atoms with Crippen LogP contribution in [0.4, 0.5) is 0 Å². The first-order chi connectivity index (χ1) is 11.1. The van der Waals surface area contributed by atoms with Gasteiger partial charge in [0.25, 0.3) is 0 Å². The monoisotopic (exact) mass is 334 g/mol. The highest BCUT2D eigenvalue weighted by molar-refractivity contribution is 7.09. The molecule has 1 aliphatic rings. The molecule has 1 aromatic heterocycles. The molecule has 1 saturated heterocycles. The topological polar surface area (TPSA) is 54.8 Å². The molecule has 0 unspecified atom stereocenters. The molecule has 3 rings (SSSR count). The zero-order valence-corrected chi connectivity index (χ0v) is 14.3. The Balaban J connectivity index is 1.71. The van der Waals surface area contributed by atoms with Gasteiger partial charge in [0.1, 0.15) is 11.5 Å². The number of methoxy groups -OCH3 is 2. The molecule has 0 bridgehead atoms. The van der Waals surface area contributed by atoms with Gasteiger partial charge in [-0.2, -0.15) is 0 Å². The summed E-state index contributed by atoms with van der Waals surface area (Å²) in [4.78, 5) is 7.74. The number of aromatic nitrogens is 1. The van der Waals surface area contributed by atoms with E-state index < -0.39 is 5.60 Å². The molecule has 0 spiro atoms. The van der Waals surface area contributed by atoms with Crippen LogP contribution in [-0.4, -0.2) is 42.3 Å². The lowest BCUT2D eigenvalue weighted by Crippen LogP contribution is -2.42. The molecule has 5 nitrogen and oxygen atoms in total. The van der Waals surface area contributed by atoms with E-state index in [1.807, 2.05) is 29.9 Å². The maximum atomic E-state index is 11.1. The predicted molar refractivity (Wildman–Crippen MR) is 90.1 cm³/mol. The second kappa shape index (κ2) is 6.86. The summed E-state index contributed by atoms with van der Waals surface area (Å²) in [5, 5.41) is 11.1. The minimum absolute atomic E-state index is 0.697. The van der Waals surface area contributed by atoms with E-state index in [1.165, 1.54) is 4.88 Å². The molecular weight excluding hydrogens is 312 g/mol. The Bertz CT molecular complexity index is 615. The van der Waals surface area contributed by atoms with Crippen LogP contribution in [-0.2, 0) is 12.1 Å². The molecule has 1 aromatic carbocycles. The quantitative estimate of drug-likeness (QED) is 0.911. The van der Waals surface area contributed by atoms with Crippen LogP contribution in [0.25, 0.3) is 0 Å². The van der Waals surface area contributed by atoms with Crippen molar-refractivity contribution in [1.82, 2.24) is 9.88 Å². The van der Waals surface area contributed by atoms with Gasteiger partial charge in [-0.1, -0.05) is 0 Å². The lowest BCUT2D eigenvalue weighted by Gasteiger charge is -2.38. The SMILES string of the molecule is COc1cc(OC)cc(C2(O)CCN(Cc3cncs3)CC2)c1. The Kier molecular flexibility index (Phi) is 4.84. The van der Waals surface area contributed by atoms with Gasteiger partial charge < -0.3 is 14.6 Å². The van der Waals surface area contributed by atoms with Gasteiger partial charge in [-0.3, -0.25) is 9.88 Å². The third kappa shape index (κ3) is 3.65. The van der Waals surface area contributed by atoms with Crippen molar-refractivity contribution in [2.45, 2.75) is 25.0 Å². The average Bonchev–Trinajstić information content (AvgIpc) is 3.09. The molecule has 124 valence electrons. The molecule has 1 N–H and O–H groups in total. The molecule has 6 heteroatoms. The summed E-state index contributed by atoms with van der Waals surface area (Å²) >= 11 is 1.67. The van der Waals surface area contributed by atoms with Gasteiger partial charge in [0.2, 0.25) is 0 Å². The molecule has 1 fully saturated rings. The van der Waals surface area contributed by atoms with E-state index in [1.54, 1.807) is 25.6 Å². The van der Waals surface area contributed by atoms with Crippen LogP contribution in [0.3, 0.4) is 0 Å². The van der Waals surface area contributed by atoms with Crippen molar-refractivity contribution < 1.29 is 14.6 Å². The predicted octanol–water partition coefficient (Wildman–Crippen LogP) is 2.64. The number of hydrogen-bond acceptors (Lipinski definition) is 6. The zero-order valence-electron chi connectivity index (χ0n) is 13.5. The highest BCUT2D eigenvalue weighted by Gasteiger charge is 2.34. The number of ether oxygens (including phenoxy) is 2. The van der Waals surface area contributed by atoms with E-state index in [0.29, 0.717) is 24.3 Å². The molecule has 23 heavy (non-hydrogen) atoms. The third-order valence-electron chi connectivity index (χ3n) is 4.43. The van der Waals surface area contributed by atoms with E-state index >= 15 is 0 Å². The number of benzene rings is 1. The summed E-state index contributed by atoms with van der Waals surface area (Å²) in [7, 11) is 3.25. The summed E-state index contributed by atoms with van der Waals surface area (Å²) in [6, 6.07) is 5.63. The van der Waals surface area contributed by atoms with Crippen LogP contribution in [0.2, 0.25) is 0 Å². The van der Waals surface area contributed by atoms with Gasteiger partial charge in [0, 0.05) is 36.8 Å². The van der Waals surface area contributed by atoms with E-state index in [-0.39, 0.29) is 0 Å². The van der Waals surface area contributed by atoms with E-state index in [0.717, 1.165) is 25.2 Å². The van der Waals surface area contributed by atoms with E-state index in [2.05, 4.69) is 9.88 Å². The number of thiazole rings is 1. The standard InChI is InChI=1S/C17H22N2O3S/c1-21-14-7-13(8-15(9-14)22-2)17(20)3-5-19(6-4-17)11-16-10-18-12-23-16/h7-10,12,20H,3-6,11H2,1-2H3. The smallest absolute Gasteiger partial charge is 0.122 e. The van der Waals surface area contributed by atoms with Crippen LogP contribution in [0.15, 0.2) is 29.9 Å². The molecule has 0 aliphatic carbocycles. The van der Waals surface area contributed by atoms with Gasteiger partial charge in [-0.15, -0.1) is 11.3 Å². The zero-order chi connectivity index (χ0) is 16.3. The van der Waals surface area contributed by atoms with Gasteiger partial charge in [0.15, 0.2) is 0 Å². The third-order valence-corrected chi connectivity index (χ3v) is 5.20. The van der Waals surface area contributed by atoms with Crippen LogP contribution in [0.1, 0.15) is 23.3 Å². The van der Waals surface area contributed by atoms with Crippen molar-refractivity contribution in [3.8, 4) is 11.5 Å². The van der Waals surface area contributed by atoms with Gasteiger partial charge in [-0.25, -0.2) is 0 Å². The summed E-state index contributed by atoms with van der Waals surface area (Å²) in [5.74, 6) is 1.42. The summed E-state index contributed by atoms with van der Waals surface area (Å²) in [5.41, 5.74) is 1.90. The normalized spacial score (nSPS) is 17.9. The fourth-order valence-corrected chi connectivity index (χ4v) is 3.62. The first-order valence-corrected chi connectivity index (χ1v) is 8.56. The molecule has 0 saturated carbocycles. The summed E-state index contributed by atoms with van der Waals surface area (Å²) in [6.07, 6.45) is 3.31. The highest BCUT2D eigenvalue weighted by atomic mass is 32.1. The first-order valence-electron chi connectivity index (χ1n) is 7.68. The Morgan fingerprint density at radius 3 is 2.35 bits per heavy atom. The van der Waals surface area contributed by atoms with E-state index in [4.69, 9.17) is 9.47 Å². The highest BCUT2D eigenvalue weighted by Crippen LogP contribution is 2.37. The number of hydrogen-bond donors (Lipinski definition) is 1. The lowest BCUT2D eigenvalue weighted by atomic mass is 9.84. The largest absolute Gasteiger partial charge is 0.497 e. The van der Waals surface area contributed by atoms with Crippen molar-refractivity contribution in [3.63, 3.8) is 0 Å². The molecule has 2 aromatic rings. The molecule has 0 amide bonds. The fourth-order valence-electron chi connectivity index (χ4n) is 2.99. The van der Waals surface area contributed by atoms with Crippen molar-refractivity contribution in [3.05, 3.63) is 40.3 Å². The van der Waals surface area contributed by atoms with E-state index in [9.17, 15) is 5.11 Å². The summed E-state index contributed by atoms with van der Waals surface area (Å²) < 4.78 is 10.6. The maximum absolute atomic E-state index is 11.1. The maximum Gasteiger partial charge on any atom is 0.122 e. The van der Waals surface area contributed by atoms with Crippen LogP contribution >= 0.6 is 11.3 Å². The Hall–Kier alpha value is -1.63. The minimum Gasteiger partial charge on any atom is -0.497 e. The first kappa shape index (κ1) is 16.2. The second-order valence-corrected chi connectivity index (χ2v) is 6.85. The second-order valence-electron chi connectivity index (χ2n) is 5.88. The summed E-state index contributed by atoms with van der Waals surface area (Å²) in [6.45, 7) is 2.62. The minimum atomic E-state index is -0.827. The van der Waals surface area contributed by atoms with Gasteiger partial charge >= 0.3 is 0 Å². The van der Waals surface area contributed by atoms with Crippen LogP contribution in [0, 0.1) is 0 Å². The number of aliphatic hydroxyl groups is 1. The number of piperidine rings is 1. The number of nitrogens with zero attached hydrogens (tertiary/aromatic N) is 2. The molecule has 2 heterocycles. The van der Waals surface area contributed by atoms with Crippen molar-refractivity contribution in [2.24, 2.45) is 0 Å². The van der Waals surface area contributed by atoms with Crippen LogP contribution < -0.4 is 9.47 Å². The van der Waals surface area contributed by atoms with Crippen LogP contribution in [0.5, 0.6) is 11.5 Å². The Morgan fingerprint density at radius 2 is 1.83 bits per heavy atom. The molecular formula is C17H22N2O3S. The molecule has 0 atom stereocenters. The Labute approximate surface area is 140 Å².